The molecule has 5 nitrogen and oxygen atoms in total. The van der Waals surface area contributed by atoms with Crippen LogP contribution in [0.4, 0.5) is 9.18 Å². The van der Waals surface area contributed by atoms with E-state index in [4.69, 9.17) is 5.73 Å². The minimum Gasteiger partial charge on any atom is -0.324 e. The van der Waals surface area contributed by atoms with E-state index in [-0.39, 0.29) is 24.6 Å². The third-order valence-electron chi connectivity index (χ3n) is 3.14. The number of rotatable bonds is 2. The predicted molar refractivity (Wildman–Crippen MR) is 75.5 cm³/mol. The molecule has 0 saturated carbocycles. The van der Waals surface area contributed by atoms with E-state index in [0.29, 0.717) is 5.56 Å². The fraction of sp³-hybridized carbons (Fsp3) is 0.333. The van der Waals surface area contributed by atoms with E-state index in [2.05, 4.69) is 17.2 Å². The highest BCUT2D eigenvalue weighted by Crippen LogP contribution is 2.20. The number of urea groups is 1. The van der Waals surface area contributed by atoms with Gasteiger partial charge >= 0.3 is 6.03 Å². The number of benzene rings is 1. The second-order valence-corrected chi connectivity index (χ2v) is 5.27. The number of nitrogens with two attached hydrogens (primary N) is 1. The molecule has 6 heteroatoms. The van der Waals surface area contributed by atoms with Crippen LogP contribution in [0.5, 0.6) is 0 Å². The minimum absolute atomic E-state index is 0.0751. The molecule has 0 radical (unpaired) electrons. The van der Waals surface area contributed by atoms with E-state index < -0.39 is 17.4 Å². The summed E-state index contributed by atoms with van der Waals surface area (Å²) in [5.74, 6) is 4.42. The molecule has 3 amide bonds. The lowest BCUT2D eigenvalue weighted by atomic mass is 10.1. The second kappa shape index (κ2) is 5.54. The molecule has 1 fully saturated rings. The molecule has 2 rings (SSSR count). The summed E-state index contributed by atoms with van der Waals surface area (Å²) in [7, 11) is 0. The van der Waals surface area contributed by atoms with E-state index >= 15 is 0 Å². The summed E-state index contributed by atoms with van der Waals surface area (Å²) in [5, 5.41) is 2.59. The first-order valence-corrected chi connectivity index (χ1v) is 6.46. The Kier molecular flexibility index (Phi) is 3.96. The van der Waals surface area contributed by atoms with E-state index in [9.17, 15) is 14.0 Å². The van der Waals surface area contributed by atoms with E-state index in [1.165, 1.54) is 18.2 Å². The number of carbonyl (C=O) groups is 2. The molecule has 21 heavy (non-hydrogen) atoms. The van der Waals surface area contributed by atoms with Crippen molar-refractivity contribution >= 4 is 11.9 Å². The number of hydrogen-bond donors (Lipinski definition) is 2. The van der Waals surface area contributed by atoms with Crippen LogP contribution in [0.1, 0.15) is 25.0 Å². The van der Waals surface area contributed by atoms with Gasteiger partial charge in [-0.1, -0.05) is 17.9 Å². The van der Waals surface area contributed by atoms with E-state index in [0.717, 1.165) is 4.90 Å². The second-order valence-electron chi connectivity index (χ2n) is 5.27. The Morgan fingerprint density at radius 2 is 2.10 bits per heavy atom. The molecule has 0 unspecified atom stereocenters. The molecule has 3 N–H and O–H groups in total. The van der Waals surface area contributed by atoms with Crippen molar-refractivity contribution in [1.82, 2.24) is 10.2 Å². The van der Waals surface area contributed by atoms with Crippen LogP contribution in [-0.2, 0) is 11.3 Å². The van der Waals surface area contributed by atoms with Crippen LogP contribution in [-0.4, -0.2) is 28.9 Å². The molecule has 0 atom stereocenters. The van der Waals surface area contributed by atoms with Crippen LogP contribution in [0.15, 0.2) is 18.2 Å². The van der Waals surface area contributed by atoms with Crippen molar-refractivity contribution in [3.63, 3.8) is 0 Å². The van der Waals surface area contributed by atoms with Crippen LogP contribution >= 0.6 is 0 Å². The highest BCUT2D eigenvalue weighted by atomic mass is 19.1. The number of amides is 3. The fourth-order valence-electron chi connectivity index (χ4n) is 2.06. The third-order valence-corrected chi connectivity index (χ3v) is 3.14. The van der Waals surface area contributed by atoms with Gasteiger partial charge in [0.15, 0.2) is 0 Å². The minimum atomic E-state index is -0.917. The summed E-state index contributed by atoms with van der Waals surface area (Å²) >= 11 is 0. The topological polar surface area (TPSA) is 75.4 Å². The number of imide groups is 1. The lowest BCUT2D eigenvalue weighted by molar-refractivity contribution is -0.130. The predicted octanol–water partition coefficient (Wildman–Crippen LogP) is 0.966. The first-order chi connectivity index (χ1) is 9.85. The average Bonchev–Trinajstić information content (AvgIpc) is 2.61. The quantitative estimate of drug-likeness (QED) is 0.629. The first-order valence-electron chi connectivity index (χ1n) is 6.46. The summed E-state index contributed by atoms with van der Waals surface area (Å²) in [5.41, 5.74) is 5.17. The molecule has 1 aliphatic heterocycles. The Hall–Kier alpha value is -2.39. The summed E-state index contributed by atoms with van der Waals surface area (Å²) in [6, 6.07) is 3.85. The Labute approximate surface area is 122 Å². The molecular weight excluding hydrogens is 273 g/mol. The zero-order chi connectivity index (χ0) is 15.6. The van der Waals surface area contributed by atoms with Gasteiger partial charge < -0.3 is 11.1 Å². The Morgan fingerprint density at radius 3 is 2.67 bits per heavy atom. The van der Waals surface area contributed by atoms with Crippen molar-refractivity contribution < 1.29 is 14.0 Å². The zero-order valence-corrected chi connectivity index (χ0v) is 11.9. The van der Waals surface area contributed by atoms with Gasteiger partial charge in [-0.3, -0.25) is 9.69 Å². The molecule has 110 valence electrons. The highest BCUT2D eigenvalue weighted by molar-refractivity contribution is 6.06. The van der Waals surface area contributed by atoms with Crippen molar-refractivity contribution in [3.05, 3.63) is 35.1 Å². The summed E-state index contributed by atoms with van der Waals surface area (Å²) < 4.78 is 13.6. The number of halogens is 1. The maximum Gasteiger partial charge on any atom is 0.325 e. The highest BCUT2D eigenvalue weighted by Gasteiger charge is 2.44. The maximum absolute atomic E-state index is 13.6. The van der Waals surface area contributed by atoms with Gasteiger partial charge in [0.25, 0.3) is 5.91 Å². The van der Waals surface area contributed by atoms with Crippen LogP contribution in [0.2, 0.25) is 0 Å². The molecule has 1 heterocycles. The summed E-state index contributed by atoms with van der Waals surface area (Å²) in [6.45, 7) is 3.47. The fourth-order valence-corrected chi connectivity index (χ4v) is 2.06. The molecular formula is C15H16FN3O2. The Balaban J connectivity index is 2.25. The van der Waals surface area contributed by atoms with Gasteiger partial charge in [0, 0.05) is 0 Å². The van der Waals surface area contributed by atoms with Crippen LogP contribution < -0.4 is 11.1 Å². The molecule has 1 aromatic carbocycles. The largest absolute Gasteiger partial charge is 0.325 e. The monoisotopic (exact) mass is 289 g/mol. The molecule has 0 aliphatic carbocycles. The van der Waals surface area contributed by atoms with Gasteiger partial charge in [0.1, 0.15) is 11.4 Å². The van der Waals surface area contributed by atoms with Gasteiger partial charge in [-0.2, -0.15) is 0 Å². The van der Waals surface area contributed by atoms with Crippen molar-refractivity contribution in [2.75, 3.05) is 6.54 Å². The first kappa shape index (κ1) is 15.0. The lowest BCUT2D eigenvalue weighted by Gasteiger charge is -2.16. The van der Waals surface area contributed by atoms with Crippen molar-refractivity contribution in [3.8, 4) is 11.8 Å². The van der Waals surface area contributed by atoms with E-state index in [1.807, 2.05) is 0 Å². The Bertz CT molecular complexity index is 659. The van der Waals surface area contributed by atoms with E-state index in [1.54, 1.807) is 13.8 Å². The summed E-state index contributed by atoms with van der Waals surface area (Å²) in [4.78, 5) is 25.0. The molecule has 0 aromatic heterocycles. The van der Waals surface area contributed by atoms with Crippen LogP contribution in [0.3, 0.4) is 0 Å². The molecule has 0 spiro atoms. The number of carbonyl (C=O) groups excluding carboxylic acids is 2. The standard InChI is InChI=1S/C15H16FN3O2/c1-15(2)13(20)19(14(21)18-15)9-10-5-6-12(16)11(8-10)4-3-7-17/h5-6,8H,7,9,17H2,1-2H3,(H,18,21). The Morgan fingerprint density at radius 1 is 1.38 bits per heavy atom. The number of nitrogens with one attached hydrogen (secondary N) is 1. The van der Waals surface area contributed by atoms with Gasteiger partial charge in [-0.05, 0) is 31.5 Å². The van der Waals surface area contributed by atoms with Gasteiger partial charge in [0.05, 0.1) is 18.7 Å². The van der Waals surface area contributed by atoms with Crippen molar-refractivity contribution in [2.24, 2.45) is 5.73 Å². The molecule has 1 aliphatic rings. The summed E-state index contributed by atoms with van der Waals surface area (Å²) in [6.07, 6.45) is 0. The van der Waals surface area contributed by atoms with Crippen LogP contribution in [0.25, 0.3) is 0 Å². The van der Waals surface area contributed by atoms with Crippen molar-refractivity contribution in [2.45, 2.75) is 25.9 Å². The van der Waals surface area contributed by atoms with Crippen LogP contribution in [0, 0.1) is 17.7 Å². The zero-order valence-electron chi connectivity index (χ0n) is 11.9. The van der Waals surface area contributed by atoms with Gasteiger partial charge in [-0.25, -0.2) is 9.18 Å². The van der Waals surface area contributed by atoms with Gasteiger partial charge in [0.2, 0.25) is 0 Å². The number of nitrogens with zero attached hydrogens (tertiary/aromatic N) is 1. The third kappa shape index (κ3) is 3.03. The SMILES string of the molecule is CC1(C)NC(=O)N(Cc2ccc(F)c(C#CCN)c2)C1=O. The molecule has 1 aromatic rings. The van der Waals surface area contributed by atoms with Crippen molar-refractivity contribution in [1.29, 1.82) is 0 Å². The maximum atomic E-state index is 13.6. The molecule has 0 bridgehead atoms. The lowest BCUT2D eigenvalue weighted by Crippen LogP contribution is -2.40. The average molecular weight is 289 g/mol. The normalized spacial score (nSPS) is 16.5. The number of hydrogen-bond acceptors (Lipinski definition) is 3. The molecule has 1 saturated heterocycles. The smallest absolute Gasteiger partial charge is 0.324 e. The van der Waals surface area contributed by atoms with Gasteiger partial charge in [-0.15, -0.1) is 0 Å².